The quantitative estimate of drug-likeness (QED) is 0.870. The molecule has 1 amide bonds. The zero-order valence-electron chi connectivity index (χ0n) is 11.0. The Bertz CT molecular complexity index is 725. The van der Waals surface area contributed by atoms with E-state index in [4.69, 9.17) is 5.11 Å². The molecule has 1 aliphatic rings. The fraction of sp³-hybridized carbons (Fsp3) is 0.125. The maximum Gasteiger partial charge on any atom is 0.299 e. The fourth-order valence-corrected chi connectivity index (χ4v) is 2.93. The van der Waals surface area contributed by atoms with Crippen LogP contribution in [0.4, 0.5) is 5.69 Å². The van der Waals surface area contributed by atoms with Crippen molar-refractivity contribution in [2.24, 2.45) is 0 Å². The number of ketones is 1. The second kappa shape index (κ2) is 5.42. The van der Waals surface area contributed by atoms with Crippen LogP contribution in [0.2, 0.25) is 0 Å². The highest BCUT2D eigenvalue weighted by Gasteiger charge is 2.37. The highest BCUT2D eigenvalue weighted by atomic mass is 79.9. The Hall–Kier alpha value is -1.98. The number of benzene rings is 2. The molecule has 0 bridgehead atoms. The van der Waals surface area contributed by atoms with E-state index in [9.17, 15) is 9.59 Å². The zero-order valence-corrected chi connectivity index (χ0v) is 12.6. The minimum absolute atomic E-state index is 0.0167. The van der Waals surface area contributed by atoms with Gasteiger partial charge in [0, 0.05) is 4.47 Å². The number of halogens is 1. The molecular weight excluding hydrogens is 334 g/mol. The number of aliphatic hydroxyl groups is 1. The molecule has 5 heteroatoms. The van der Waals surface area contributed by atoms with Crippen LogP contribution in [0.25, 0.3) is 0 Å². The van der Waals surface area contributed by atoms with Gasteiger partial charge in [0.25, 0.3) is 11.7 Å². The third-order valence-corrected chi connectivity index (χ3v) is 4.16. The van der Waals surface area contributed by atoms with Crippen LogP contribution in [0.1, 0.15) is 21.5 Å². The number of carbonyl (C=O) groups is 2. The van der Waals surface area contributed by atoms with Gasteiger partial charge in [-0.3, -0.25) is 9.59 Å². The van der Waals surface area contributed by atoms with Crippen LogP contribution in [0.15, 0.2) is 46.9 Å². The number of hydrogen-bond donors (Lipinski definition) is 1. The summed E-state index contributed by atoms with van der Waals surface area (Å²) in [6, 6.07) is 12.6. The van der Waals surface area contributed by atoms with Gasteiger partial charge < -0.3 is 10.0 Å². The number of aliphatic hydroxyl groups excluding tert-OH is 1. The van der Waals surface area contributed by atoms with Crippen molar-refractivity contribution >= 4 is 33.3 Å². The first-order chi connectivity index (χ1) is 10.1. The molecule has 106 valence electrons. The highest BCUT2D eigenvalue weighted by Crippen LogP contribution is 2.35. The van der Waals surface area contributed by atoms with Gasteiger partial charge >= 0.3 is 0 Å². The van der Waals surface area contributed by atoms with Gasteiger partial charge in [-0.05, 0) is 39.2 Å². The lowest BCUT2D eigenvalue weighted by Gasteiger charge is -2.16. The smallest absolute Gasteiger partial charge is 0.299 e. The molecule has 0 aliphatic carbocycles. The molecule has 0 saturated heterocycles. The van der Waals surface area contributed by atoms with Crippen LogP contribution in [0, 0.1) is 0 Å². The predicted octanol–water partition coefficient (Wildman–Crippen LogP) is 2.67. The van der Waals surface area contributed by atoms with Crippen molar-refractivity contribution in [1.29, 1.82) is 0 Å². The summed E-state index contributed by atoms with van der Waals surface area (Å²) in [6.07, 6.45) is 0. The van der Waals surface area contributed by atoms with Crippen molar-refractivity contribution in [1.82, 2.24) is 0 Å². The molecule has 0 spiro atoms. The van der Waals surface area contributed by atoms with Crippen LogP contribution in [-0.2, 0) is 17.9 Å². The summed E-state index contributed by atoms with van der Waals surface area (Å²) in [6.45, 7) is 0.316. The minimum Gasteiger partial charge on any atom is -0.392 e. The normalized spacial score (nSPS) is 13.7. The molecule has 0 fully saturated rings. The Balaban J connectivity index is 1.94. The average Bonchev–Trinajstić information content (AvgIpc) is 2.74. The standard InChI is InChI=1S/C16H12BrNO3/c17-12-2-1-3-13-14(12)15(20)16(21)18(13)8-10-4-6-11(9-19)7-5-10/h1-7,19H,8-9H2. The van der Waals surface area contributed by atoms with Crippen LogP contribution in [0.5, 0.6) is 0 Å². The highest BCUT2D eigenvalue weighted by molar-refractivity contribution is 9.10. The van der Waals surface area contributed by atoms with Gasteiger partial charge in [0.1, 0.15) is 0 Å². The maximum absolute atomic E-state index is 12.2. The Morgan fingerprint density at radius 2 is 1.67 bits per heavy atom. The van der Waals surface area contributed by atoms with Gasteiger partial charge in [-0.2, -0.15) is 0 Å². The summed E-state index contributed by atoms with van der Waals surface area (Å²) in [5, 5.41) is 9.04. The van der Waals surface area contributed by atoms with Crippen molar-refractivity contribution in [3.8, 4) is 0 Å². The van der Waals surface area contributed by atoms with Gasteiger partial charge in [-0.25, -0.2) is 0 Å². The van der Waals surface area contributed by atoms with E-state index in [1.54, 1.807) is 30.3 Å². The molecule has 2 aromatic rings. The number of anilines is 1. The van der Waals surface area contributed by atoms with Crippen molar-refractivity contribution in [3.63, 3.8) is 0 Å². The number of rotatable bonds is 3. The van der Waals surface area contributed by atoms with Gasteiger partial charge in [-0.1, -0.05) is 30.3 Å². The SMILES string of the molecule is O=C1C(=O)N(Cc2ccc(CO)cc2)c2cccc(Br)c21. The van der Waals surface area contributed by atoms with Crippen LogP contribution >= 0.6 is 15.9 Å². The third kappa shape index (κ3) is 2.39. The van der Waals surface area contributed by atoms with Crippen LogP contribution in [-0.4, -0.2) is 16.8 Å². The Labute approximate surface area is 130 Å². The van der Waals surface area contributed by atoms with E-state index in [1.807, 2.05) is 12.1 Å². The number of Topliss-reactive ketones (excluding diaryl/α,β-unsaturated/α-hetero) is 1. The summed E-state index contributed by atoms with van der Waals surface area (Å²) >= 11 is 3.32. The molecule has 1 aliphatic heterocycles. The van der Waals surface area contributed by atoms with Crippen LogP contribution in [0.3, 0.4) is 0 Å². The second-order valence-electron chi connectivity index (χ2n) is 4.83. The molecule has 0 atom stereocenters. The van der Waals surface area contributed by atoms with Gasteiger partial charge in [0.05, 0.1) is 24.4 Å². The third-order valence-electron chi connectivity index (χ3n) is 3.50. The van der Waals surface area contributed by atoms with Gasteiger partial charge in [0.2, 0.25) is 0 Å². The molecule has 2 aromatic carbocycles. The molecule has 1 N–H and O–H groups in total. The lowest BCUT2D eigenvalue weighted by molar-refractivity contribution is -0.114. The molecule has 0 unspecified atom stereocenters. The first-order valence-corrected chi connectivity index (χ1v) is 7.24. The predicted molar refractivity (Wildman–Crippen MR) is 82.0 cm³/mol. The van der Waals surface area contributed by atoms with E-state index in [0.29, 0.717) is 22.3 Å². The van der Waals surface area contributed by atoms with Gasteiger partial charge in [-0.15, -0.1) is 0 Å². The average molecular weight is 346 g/mol. The van der Waals surface area contributed by atoms with E-state index in [-0.39, 0.29) is 6.61 Å². The molecule has 0 aromatic heterocycles. The summed E-state index contributed by atoms with van der Waals surface area (Å²) < 4.78 is 0.636. The first-order valence-electron chi connectivity index (χ1n) is 6.45. The summed E-state index contributed by atoms with van der Waals surface area (Å²) in [4.78, 5) is 25.7. The van der Waals surface area contributed by atoms with E-state index < -0.39 is 11.7 Å². The number of amides is 1. The van der Waals surface area contributed by atoms with E-state index >= 15 is 0 Å². The topological polar surface area (TPSA) is 57.6 Å². The maximum atomic E-state index is 12.2. The largest absolute Gasteiger partial charge is 0.392 e. The summed E-state index contributed by atoms with van der Waals surface area (Å²) in [5.74, 6) is -0.993. The number of nitrogens with zero attached hydrogens (tertiary/aromatic N) is 1. The van der Waals surface area contributed by atoms with E-state index in [0.717, 1.165) is 11.1 Å². The first kappa shape index (κ1) is 14.0. The number of hydrogen-bond acceptors (Lipinski definition) is 3. The van der Waals surface area contributed by atoms with Crippen molar-refractivity contribution < 1.29 is 14.7 Å². The number of carbonyl (C=O) groups excluding carboxylic acids is 2. The van der Waals surface area contributed by atoms with Gasteiger partial charge in [0.15, 0.2) is 0 Å². The van der Waals surface area contributed by atoms with Crippen molar-refractivity contribution in [3.05, 3.63) is 63.6 Å². The fourth-order valence-electron chi connectivity index (χ4n) is 2.39. The lowest BCUT2D eigenvalue weighted by Crippen LogP contribution is -2.29. The Morgan fingerprint density at radius 3 is 2.33 bits per heavy atom. The zero-order chi connectivity index (χ0) is 15.0. The molecule has 0 saturated carbocycles. The minimum atomic E-state index is -0.511. The molecular formula is C16H12BrNO3. The monoisotopic (exact) mass is 345 g/mol. The van der Waals surface area contributed by atoms with E-state index in [2.05, 4.69) is 15.9 Å². The molecule has 1 heterocycles. The molecule has 21 heavy (non-hydrogen) atoms. The Morgan fingerprint density at radius 1 is 1.00 bits per heavy atom. The Kier molecular flexibility index (Phi) is 3.61. The van der Waals surface area contributed by atoms with Crippen LogP contribution < -0.4 is 4.90 Å². The number of fused-ring (bicyclic) bond motifs is 1. The van der Waals surface area contributed by atoms with E-state index in [1.165, 1.54) is 4.90 Å². The summed E-state index contributed by atoms with van der Waals surface area (Å²) in [5.41, 5.74) is 2.77. The molecule has 4 nitrogen and oxygen atoms in total. The second-order valence-corrected chi connectivity index (χ2v) is 5.68. The van der Waals surface area contributed by atoms with Crippen molar-refractivity contribution in [2.75, 3.05) is 4.90 Å². The molecule has 0 radical (unpaired) electrons. The summed E-state index contributed by atoms with van der Waals surface area (Å²) in [7, 11) is 0. The lowest BCUT2D eigenvalue weighted by atomic mass is 10.1. The van der Waals surface area contributed by atoms with Crippen molar-refractivity contribution in [2.45, 2.75) is 13.2 Å². The molecule has 3 rings (SSSR count).